The second-order valence-electron chi connectivity index (χ2n) is 5.18. The monoisotopic (exact) mass is 309 g/mol. The highest BCUT2D eigenvalue weighted by Crippen LogP contribution is 2.26. The maximum atomic E-state index is 11.1. The molecule has 0 spiro atoms. The van der Waals surface area contributed by atoms with E-state index in [1.165, 1.54) is 0 Å². The third kappa shape index (κ3) is 3.37. The van der Waals surface area contributed by atoms with Crippen LogP contribution in [0.25, 0.3) is 11.3 Å². The number of nitro benzene ring substituents is 1. The van der Waals surface area contributed by atoms with Crippen LogP contribution in [0.1, 0.15) is 11.3 Å². The van der Waals surface area contributed by atoms with E-state index in [-0.39, 0.29) is 5.69 Å². The molecular formula is C17H15N3O3. The largest absolute Gasteiger partial charge is 0.374 e. The zero-order valence-corrected chi connectivity index (χ0v) is 12.5. The second-order valence-corrected chi connectivity index (χ2v) is 5.18. The van der Waals surface area contributed by atoms with Crippen molar-refractivity contribution in [3.05, 3.63) is 76.0 Å². The van der Waals surface area contributed by atoms with E-state index in [9.17, 15) is 10.1 Å². The van der Waals surface area contributed by atoms with Gasteiger partial charge in [0.05, 0.1) is 11.5 Å². The van der Waals surface area contributed by atoms with Crippen LogP contribution >= 0.6 is 0 Å². The van der Waals surface area contributed by atoms with Gasteiger partial charge in [-0.15, -0.1) is 0 Å². The number of aromatic nitrogens is 1. The summed E-state index contributed by atoms with van der Waals surface area (Å²) in [5.41, 5.74) is 2.97. The molecule has 0 aliphatic heterocycles. The fraction of sp³-hybridized carbons (Fsp3) is 0.118. The number of nitrogens with zero attached hydrogens (tertiary/aromatic N) is 2. The Bertz CT molecular complexity index is 828. The molecule has 116 valence electrons. The number of anilines is 1. The first-order chi connectivity index (χ1) is 11.1. The fourth-order valence-corrected chi connectivity index (χ4v) is 2.26. The molecule has 3 aromatic rings. The van der Waals surface area contributed by atoms with E-state index >= 15 is 0 Å². The van der Waals surface area contributed by atoms with Crippen molar-refractivity contribution in [2.75, 3.05) is 5.32 Å². The molecule has 0 radical (unpaired) electrons. The summed E-state index contributed by atoms with van der Waals surface area (Å²) in [4.78, 5) is 10.7. The molecule has 0 aliphatic rings. The third-order valence-corrected chi connectivity index (χ3v) is 3.43. The summed E-state index contributed by atoms with van der Waals surface area (Å²) in [5, 5.41) is 18.1. The molecule has 0 unspecified atom stereocenters. The van der Waals surface area contributed by atoms with Crippen LogP contribution in [-0.4, -0.2) is 10.1 Å². The average Bonchev–Trinajstić information content (AvgIpc) is 3.03. The molecule has 3 rings (SSSR count). The molecule has 6 heteroatoms. The highest BCUT2D eigenvalue weighted by molar-refractivity contribution is 5.63. The summed E-state index contributed by atoms with van der Waals surface area (Å²) in [5.74, 6) is 0.667. The number of rotatable bonds is 5. The standard InChI is InChI=1S/C17H15N3O3/c1-12-7-8-15(16(9-12)20(21)22)18-11-14-10-17(23-19-14)13-5-3-2-4-6-13/h2-10,18H,11H2,1H3. The van der Waals surface area contributed by atoms with Crippen molar-refractivity contribution in [2.45, 2.75) is 13.5 Å². The van der Waals surface area contributed by atoms with Gasteiger partial charge in [-0.05, 0) is 18.6 Å². The number of hydrogen-bond donors (Lipinski definition) is 1. The molecule has 23 heavy (non-hydrogen) atoms. The van der Waals surface area contributed by atoms with Crippen LogP contribution in [0.2, 0.25) is 0 Å². The fourth-order valence-electron chi connectivity index (χ4n) is 2.26. The van der Waals surface area contributed by atoms with Crippen LogP contribution in [-0.2, 0) is 6.54 Å². The van der Waals surface area contributed by atoms with Crippen LogP contribution in [0, 0.1) is 17.0 Å². The zero-order chi connectivity index (χ0) is 16.2. The van der Waals surface area contributed by atoms with Gasteiger partial charge in [-0.3, -0.25) is 10.1 Å². The molecule has 0 aliphatic carbocycles. The Morgan fingerprint density at radius 1 is 1.17 bits per heavy atom. The molecule has 6 nitrogen and oxygen atoms in total. The van der Waals surface area contributed by atoms with Gasteiger partial charge in [0, 0.05) is 17.7 Å². The Hall–Kier alpha value is -3.15. The first-order valence-electron chi connectivity index (χ1n) is 7.13. The van der Waals surface area contributed by atoms with Crippen molar-refractivity contribution in [3.63, 3.8) is 0 Å². The lowest BCUT2D eigenvalue weighted by molar-refractivity contribution is -0.384. The van der Waals surface area contributed by atoms with Crippen LogP contribution in [0.4, 0.5) is 11.4 Å². The van der Waals surface area contributed by atoms with E-state index in [0.717, 1.165) is 11.1 Å². The summed E-state index contributed by atoms with van der Waals surface area (Å²) >= 11 is 0. The Morgan fingerprint density at radius 2 is 1.96 bits per heavy atom. The quantitative estimate of drug-likeness (QED) is 0.565. The third-order valence-electron chi connectivity index (χ3n) is 3.43. The van der Waals surface area contributed by atoms with E-state index in [0.29, 0.717) is 23.7 Å². The lowest BCUT2D eigenvalue weighted by Gasteiger charge is -2.05. The van der Waals surface area contributed by atoms with Gasteiger partial charge in [0.1, 0.15) is 11.4 Å². The van der Waals surface area contributed by atoms with E-state index in [1.807, 2.05) is 49.4 Å². The average molecular weight is 309 g/mol. The minimum absolute atomic E-state index is 0.0526. The van der Waals surface area contributed by atoms with Gasteiger partial charge in [0.2, 0.25) is 0 Å². The highest BCUT2D eigenvalue weighted by Gasteiger charge is 2.14. The number of hydrogen-bond acceptors (Lipinski definition) is 5. The van der Waals surface area contributed by atoms with E-state index in [4.69, 9.17) is 4.52 Å². The summed E-state index contributed by atoms with van der Waals surface area (Å²) in [7, 11) is 0. The number of benzene rings is 2. The SMILES string of the molecule is Cc1ccc(NCc2cc(-c3ccccc3)on2)c([N+](=O)[O-])c1. The number of nitrogens with one attached hydrogen (secondary N) is 1. The van der Waals surface area contributed by atoms with E-state index in [1.54, 1.807) is 12.1 Å². The molecule has 0 bridgehead atoms. The van der Waals surface area contributed by atoms with Crippen LogP contribution in [0.3, 0.4) is 0 Å². The van der Waals surface area contributed by atoms with Crippen molar-refractivity contribution >= 4 is 11.4 Å². The van der Waals surface area contributed by atoms with Crippen molar-refractivity contribution in [1.29, 1.82) is 0 Å². The number of nitro groups is 1. The van der Waals surface area contributed by atoms with E-state index in [2.05, 4.69) is 10.5 Å². The smallest absolute Gasteiger partial charge is 0.292 e. The predicted octanol–water partition coefficient (Wildman–Crippen LogP) is 4.17. The van der Waals surface area contributed by atoms with Gasteiger partial charge in [-0.2, -0.15) is 0 Å². The maximum Gasteiger partial charge on any atom is 0.292 e. The molecular weight excluding hydrogens is 294 g/mol. The van der Waals surface area contributed by atoms with Gasteiger partial charge in [0.15, 0.2) is 5.76 Å². The molecule has 0 saturated heterocycles. The maximum absolute atomic E-state index is 11.1. The second kappa shape index (κ2) is 6.31. The van der Waals surface area contributed by atoms with Crippen LogP contribution in [0.15, 0.2) is 59.1 Å². The minimum Gasteiger partial charge on any atom is -0.374 e. The lowest BCUT2D eigenvalue weighted by Crippen LogP contribution is -2.03. The molecule has 0 fully saturated rings. The Morgan fingerprint density at radius 3 is 2.70 bits per heavy atom. The molecule has 0 saturated carbocycles. The van der Waals surface area contributed by atoms with Gasteiger partial charge >= 0.3 is 0 Å². The molecule has 1 heterocycles. The summed E-state index contributed by atoms with van der Waals surface area (Å²) in [6.07, 6.45) is 0. The van der Waals surface area contributed by atoms with Crippen LogP contribution < -0.4 is 5.32 Å². The first kappa shape index (κ1) is 14.8. The predicted molar refractivity (Wildman–Crippen MR) is 87.1 cm³/mol. The first-order valence-corrected chi connectivity index (χ1v) is 7.13. The number of aryl methyl sites for hydroxylation is 1. The Labute approximate surface area is 132 Å². The Kier molecular flexibility index (Phi) is 4.05. The van der Waals surface area contributed by atoms with Gasteiger partial charge in [0.25, 0.3) is 5.69 Å². The zero-order valence-electron chi connectivity index (χ0n) is 12.5. The van der Waals surface area contributed by atoms with Gasteiger partial charge in [-0.1, -0.05) is 41.6 Å². The minimum atomic E-state index is -0.395. The topological polar surface area (TPSA) is 81.2 Å². The van der Waals surface area contributed by atoms with Crippen molar-refractivity contribution in [1.82, 2.24) is 5.16 Å². The normalized spacial score (nSPS) is 10.5. The van der Waals surface area contributed by atoms with Crippen LogP contribution in [0.5, 0.6) is 0 Å². The van der Waals surface area contributed by atoms with Gasteiger partial charge in [-0.25, -0.2) is 0 Å². The van der Waals surface area contributed by atoms with E-state index < -0.39 is 4.92 Å². The van der Waals surface area contributed by atoms with Crippen molar-refractivity contribution in [2.24, 2.45) is 0 Å². The molecule has 1 N–H and O–H groups in total. The molecule has 2 aromatic carbocycles. The Balaban J connectivity index is 1.75. The summed E-state index contributed by atoms with van der Waals surface area (Å²) in [6.45, 7) is 2.17. The van der Waals surface area contributed by atoms with Gasteiger partial charge < -0.3 is 9.84 Å². The molecule has 0 amide bonds. The van der Waals surface area contributed by atoms with Crippen molar-refractivity contribution in [3.8, 4) is 11.3 Å². The van der Waals surface area contributed by atoms with Crippen molar-refractivity contribution < 1.29 is 9.45 Å². The lowest BCUT2D eigenvalue weighted by atomic mass is 10.1. The summed E-state index contributed by atoms with van der Waals surface area (Å²) in [6, 6.07) is 16.5. The molecule has 1 aromatic heterocycles. The highest BCUT2D eigenvalue weighted by atomic mass is 16.6. The summed E-state index contributed by atoms with van der Waals surface area (Å²) < 4.78 is 5.31. The molecule has 0 atom stereocenters.